The molecule has 0 saturated carbocycles. The van der Waals surface area contributed by atoms with E-state index < -0.39 is 6.67 Å². The van der Waals surface area contributed by atoms with Crippen molar-refractivity contribution < 1.29 is 4.39 Å². The molecule has 1 atom stereocenters. The van der Waals surface area contributed by atoms with Gasteiger partial charge in [0.1, 0.15) is 6.67 Å². The van der Waals surface area contributed by atoms with Gasteiger partial charge < -0.3 is 5.73 Å². The topological polar surface area (TPSA) is 29.3 Å². The maximum atomic E-state index is 12.3. The van der Waals surface area contributed by atoms with E-state index in [-0.39, 0.29) is 6.04 Å². The summed E-state index contributed by atoms with van der Waals surface area (Å²) in [6, 6.07) is 7.83. The highest BCUT2D eigenvalue weighted by molar-refractivity contribution is 7.97. The van der Waals surface area contributed by atoms with Gasteiger partial charge in [0, 0.05) is 24.0 Å². The first kappa shape index (κ1) is 14.5. The van der Waals surface area contributed by atoms with Crippen molar-refractivity contribution in [1.82, 2.24) is 4.31 Å². The van der Waals surface area contributed by atoms with E-state index in [0.717, 1.165) is 18.7 Å². The molecule has 0 bridgehead atoms. The number of rotatable bonds is 7. The second-order valence-electron chi connectivity index (χ2n) is 3.97. The van der Waals surface area contributed by atoms with Gasteiger partial charge in [-0.2, -0.15) is 0 Å². The number of alkyl halides is 1. The van der Waals surface area contributed by atoms with Crippen LogP contribution in [0.4, 0.5) is 4.39 Å². The van der Waals surface area contributed by atoms with Gasteiger partial charge in [0.25, 0.3) is 0 Å². The quantitative estimate of drug-likeness (QED) is 0.761. The number of hydrogen-bond acceptors (Lipinski definition) is 3. The van der Waals surface area contributed by atoms with E-state index in [2.05, 4.69) is 30.3 Å². The van der Waals surface area contributed by atoms with Crippen molar-refractivity contribution >= 4 is 11.9 Å². The third kappa shape index (κ3) is 5.06. The van der Waals surface area contributed by atoms with E-state index in [1.165, 1.54) is 4.90 Å². The Morgan fingerprint density at radius 3 is 2.29 bits per heavy atom. The summed E-state index contributed by atoms with van der Waals surface area (Å²) in [5.74, 6) is 0. The zero-order valence-electron chi connectivity index (χ0n) is 10.5. The van der Waals surface area contributed by atoms with Crippen LogP contribution in [0.3, 0.4) is 0 Å². The molecule has 1 unspecified atom stereocenters. The van der Waals surface area contributed by atoms with E-state index in [1.807, 2.05) is 12.1 Å². The van der Waals surface area contributed by atoms with Crippen LogP contribution in [0, 0.1) is 0 Å². The van der Waals surface area contributed by atoms with E-state index in [1.54, 1.807) is 11.9 Å². The monoisotopic (exact) mass is 256 g/mol. The van der Waals surface area contributed by atoms with Gasteiger partial charge >= 0.3 is 0 Å². The maximum absolute atomic E-state index is 12.3. The molecule has 2 nitrogen and oxygen atoms in total. The van der Waals surface area contributed by atoms with Crippen molar-refractivity contribution in [2.45, 2.75) is 31.2 Å². The van der Waals surface area contributed by atoms with Gasteiger partial charge in [0.15, 0.2) is 0 Å². The number of nitrogens with zero attached hydrogens (tertiary/aromatic N) is 1. The Labute approximate surface area is 108 Å². The largest absolute Gasteiger partial charge is 0.325 e. The molecule has 0 heterocycles. The van der Waals surface area contributed by atoms with Crippen LogP contribution in [-0.2, 0) is 6.42 Å². The average molecular weight is 256 g/mol. The molecule has 17 heavy (non-hydrogen) atoms. The lowest BCUT2D eigenvalue weighted by molar-refractivity contribution is 0.427. The lowest BCUT2D eigenvalue weighted by Gasteiger charge is -2.16. The van der Waals surface area contributed by atoms with Crippen LogP contribution in [0.1, 0.15) is 19.4 Å². The summed E-state index contributed by atoms with van der Waals surface area (Å²) in [5, 5.41) is 0. The van der Waals surface area contributed by atoms with Gasteiger partial charge in [-0.25, -0.2) is 8.70 Å². The van der Waals surface area contributed by atoms with Gasteiger partial charge in [-0.15, -0.1) is 0 Å². The van der Waals surface area contributed by atoms with Crippen molar-refractivity contribution in [3.63, 3.8) is 0 Å². The lowest BCUT2D eigenvalue weighted by Crippen LogP contribution is -2.24. The van der Waals surface area contributed by atoms with E-state index >= 15 is 0 Å². The Balaban J connectivity index is 2.55. The van der Waals surface area contributed by atoms with Crippen LogP contribution in [-0.4, -0.2) is 30.1 Å². The summed E-state index contributed by atoms with van der Waals surface area (Å²) < 4.78 is 14.6. The first-order valence-corrected chi connectivity index (χ1v) is 6.80. The highest BCUT2D eigenvalue weighted by Gasteiger charge is 2.05. The van der Waals surface area contributed by atoms with Gasteiger partial charge in [0.2, 0.25) is 0 Å². The van der Waals surface area contributed by atoms with Crippen LogP contribution in [0.2, 0.25) is 0 Å². The number of nitrogens with two attached hydrogens (primary N) is 1. The third-order valence-corrected chi connectivity index (χ3v) is 3.82. The number of benzene rings is 1. The Hall–Kier alpha value is -0.580. The standard InChI is InChI=1S/C13H21FN2S/c1-3-16(4-2)17-13-7-5-11(6-8-13)9-12(15)10-14/h5-8,12H,3-4,9-10,15H2,1-2H3. The molecule has 0 saturated heterocycles. The minimum absolute atomic E-state index is 0.378. The smallest absolute Gasteiger partial charge is 0.105 e. The summed E-state index contributed by atoms with van der Waals surface area (Å²) in [6.45, 7) is 5.87. The summed E-state index contributed by atoms with van der Waals surface area (Å²) in [4.78, 5) is 1.21. The van der Waals surface area contributed by atoms with Crippen LogP contribution in [0.15, 0.2) is 29.2 Å². The fourth-order valence-electron chi connectivity index (χ4n) is 1.55. The van der Waals surface area contributed by atoms with E-state index in [9.17, 15) is 4.39 Å². The van der Waals surface area contributed by atoms with Gasteiger partial charge in [-0.1, -0.05) is 26.0 Å². The van der Waals surface area contributed by atoms with Crippen LogP contribution < -0.4 is 5.73 Å². The molecule has 96 valence electrons. The summed E-state index contributed by atoms with van der Waals surface area (Å²) >= 11 is 1.75. The number of halogens is 1. The highest BCUT2D eigenvalue weighted by Crippen LogP contribution is 2.22. The molecule has 0 aliphatic rings. The Bertz CT molecular complexity index is 312. The molecule has 1 aromatic carbocycles. The molecule has 0 aromatic heterocycles. The SMILES string of the molecule is CCN(CC)Sc1ccc(CC(N)CF)cc1. The minimum atomic E-state index is -0.462. The van der Waals surface area contributed by atoms with Gasteiger partial charge in [-0.3, -0.25) is 0 Å². The van der Waals surface area contributed by atoms with E-state index in [0.29, 0.717) is 6.42 Å². The Morgan fingerprint density at radius 2 is 1.82 bits per heavy atom. The zero-order chi connectivity index (χ0) is 12.7. The average Bonchev–Trinajstić information content (AvgIpc) is 2.37. The molecule has 0 radical (unpaired) electrons. The fourth-order valence-corrected chi connectivity index (χ4v) is 2.36. The van der Waals surface area contributed by atoms with Crippen LogP contribution in [0.5, 0.6) is 0 Å². The molecular weight excluding hydrogens is 235 g/mol. The number of hydrogen-bond donors (Lipinski definition) is 1. The Morgan fingerprint density at radius 1 is 1.24 bits per heavy atom. The van der Waals surface area contributed by atoms with Crippen LogP contribution in [0.25, 0.3) is 0 Å². The first-order chi connectivity index (χ1) is 8.19. The first-order valence-electron chi connectivity index (χ1n) is 6.03. The minimum Gasteiger partial charge on any atom is -0.325 e. The van der Waals surface area contributed by atoms with Crippen molar-refractivity contribution in [2.24, 2.45) is 5.73 Å². The maximum Gasteiger partial charge on any atom is 0.105 e. The molecule has 0 aliphatic carbocycles. The van der Waals surface area contributed by atoms with Gasteiger partial charge in [-0.05, 0) is 36.1 Å². The second kappa shape index (κ2) is 7.69. The lowest BCUT2D eigenvalue weighted by atomic mass is 10.1. The molecule has 0 spiro atoms. The summed E-state index contributed by atoms with van der Waals surface area (Å²) in [6.07, 6.45) is 0.604. The molecule has 2 N–H and O–H groups in total. The van der Waals surface area contributed by atoms with E-state index in [4.69, 9.17) is 5.73 Å². The van der Waals surface area contributed by atoms with Gasteiger partial charge in [0.05, 0.1) is 0 Å². The van der Waals surface area contributed by atoms with Crippen molar-refractivity contribution in [3.05, 3.63) is 29.8 Å². The molecule has 1 aromatic rings. The zero-order valence-corrected chi connectivity index (χ0v) is 11.3. The predicted octanol–water partition coefficient (Wildman–Crippen LogP) is 2.87. The normalized spacial score (nSPS) is 13.0. The molecule has 0 aliphatic heterocycles. The second-order valence-corrected chi connectivity index (χ2v) is 5.14. The summed E-state index contributed by atoms with van der Waals surface area (Å²) in [5.41, 5.74) is 6.67. The molecular formula is C13H21FN2S. The molecule has 1 rings (SSSR count). The van der Waals surface area contributed by atoms with Crippen molar-refractivity contribution in [2.75, 3.05) is 19.8 Å². The van der Waals surface area contributed by atoms with Crippen LogP contribution >= 0.6 is 11.9 Å². The highest BCUT2D eigenvalue weighted by atomic mass is 32.2. The van der Waals surface area contributed by atoms with Crippen molar-refractivity contribution in [1.29, 1.82) is 0 Å². The van der Waals surface area contributed by atoms with Crippen molar-refractivity contribution in [3.8, 4) is 0 Å². The third-order valence-electron chi connectivity index (χ3n) is 2.56. The summed E-state index contributed by atoms with van der Waals surface area (Å²) in [7, 11) is 0. The molecule has 4 heteroatoms. The molecule has 0 fully saturated rings. The Kier molecular flexibility index (Phi) is 6.55. The fraction of sp³-hybridized carbons (Fsp3) is 0.538. The molecule has 0 amide bonds. The predicted molar refractivity (Wildman–Crippen MR) is 72.9 cm³/mol.